The van der Waals surface area contributed by atoms with Gasteiger partial charge in [0.15, 0.2) is 0 Å². The van der Waals surface area contributed by atoms with Crippen LogP contribution in [-0.2, 0) is 27.4 Å². The maximum absolute atomic E-state index is 13.9. The lowest BCUT2D eigenvalue weighted by Gasteiger charge is -2.27. The smallest absolute Gasteiger partial charge is 0.411 e. The largest absolute Gasteiger partial charge is 0.444 e. The molecule has 9 heteroatoms. The van der Waals surface area contributed by atoms with E-state index in [2.05, 4.69) is 0 Å². The first-order valence-corrected chi connectivity index (χ1v) is 9.06. The summed E-state index contributed by atoms with van der Waals surface area (Å²) in [4.78, 5) is 39.1. The van der Waals surface area contributed by atoms with E-state index in [-0.39, 0.29) is 31.9 Å². The summed E-state index contributed by atoms with van der Waals surface area (Å²) < 4.78 is 24.6. The van der Waals surface area contributed by atoms with Crippen molar-refractivity contribution >= 4 is 18.1 Å². The Hall–Kier alpha value is -2.84. The maximum Gasteiger partial charge on any atom is 0.411 e. The van der Waals surface area contributed by atoms with Crippen LogP contribution in [0.15, 0.2) is 18.2 Å². The van der Waals surface area contributed by atoms with Gasteiger partial charge in [0.1, 0.15) is 23.6 Å². The van der Waals surface area contributed by atoms with Crippen molar-refractivity contribution in [2.24, 2.45) is 5.73 Å². The van der Waals surface area contributed by atoms with Crippen LogP contribution in [-0.4, -0.2) is 52.2 Å². The number of halogens is 1. The zero-order valence-corrected chi connectivity index (χ0v) is 16.1. The number of ether oxygens (including phenoxy) is 2. The molecule has 0 radical (unpaired) electrons. The van der Waals surface area contributed by atoms with Gasteiger partial charge >= 0.3 is 12.2 Å². The van der Waals surface area contributed by atoms with Gasteiger partial charge in [0.2, 0.25) is 5.91 Å². The SMILES string of the molecule is CC(C)(C)OC(=O)N1C[C@H](OC(=O)N2Cc3cccc(F)c3C2)C[C@H]1C(N)=O. The number of rotatable bonds is 2. The Bertz CT molecular complexity index is 807. The standard InChI is InChI=1S/C19H24FN3O5/c1-19(2,3)28-18(26)23-9-12(7-15(23)16(21)24)27-17(25)22-8-11-5-4-6-14(20)13(11)10-22/h4-6,12,15H,7-10H2,1-3H3,(H2,21,24)/t12-,15+/m1/s1. The molecular weight excluding hydrogens is 369 g/mol. The minimum absolute atomic E-state index is 0.00338. The molecule has 0 spiro atoms. The molecule has 2 atom stereocenters. The predicted octanol–water partition coefficient (Wildman–Crippen LogP) is 2.14. The molecule has 152 valence electrons. The van der Waals surface area contributed by atoms with Gasteiger partial charge in [0, 0.05) is 18.5 Å². The fourth-order valence-electron chi connectivity index (χ4n) is 3.40. The van der Waals surface area contributed by atoms with Crippen molar-refractivity contribution in [1.29, 1.82) is 0 Å². The van der Waals surface area contributed by atoms with Crippen molar-refractivity contribution in [3.63, 3.8) is 0 Å². The Balaban J connectivity index is 1.63. The fourth-order valence-corrected chi connectivity index (χ4v) is 3.40. The average molecular weight is 393 g/mol. The van der Waals surface area contributed by atoms with Gasteiger partial charge in [-0.25, -0.2) is 14.0 Å². The Morgan fingerprint density at radius 2 is 1.89 bits per heavy atom. The third kappa shape index (κ3) is 4.18. The third-order valence-electron chi connectivity index (χ3n) is 4.67. The molecule has 1 saturated heterocycles. The van der Waals surface area contributed by atoms with Crippen LogP contribution in [0.4, 0.5) is 14.0 Å². The lowest BCUT2D eigenvalue weighted by Crippen LogP contribution is -2.45. The molecule has 28 heavy (non-hydrogen) atoms. The minimum atomic E-state index is -0.916. The number of hydrogen-bond acceptors (Lipinski definition) is 5. The molecule has 1 fully saturated rings. The first-order chi connectivity index (χ1) is 13.0. The second-order valence-corrected chi connectivity index (χ2v) is 8.03. The van der Waals surface area contributed by atoms with Crippen LogP contribution in [0.3, 0.4) is 0 Å². The molecule has 1 aromatic rings. The van der Waals surface area contributed by atoms with Gasteiger partial charge in [-0.05, 0) is 32.4 Å². The summed E-state index contributed by atoms with van der Waals surface area (Å²) in [6, 6.07) is 3.78. The number of nitrogens with two attached hydrogens (primary N) is 1. The average Bonchev–Trinajstić information content (AvgIpc) is 3.18. The lowest BCUT2D eigenvalue weighted by atomic mass is 10.1. The number of hydrogen-bond donors (Lipinski definition) is 1. The van der Waals surface area contributed by atoms with E-state index in [0.29, 0.717) is 5.56 Å². The molecule has 3 amide bonds. The first-order valence-electron chi connectivity index (χ1n) is 9.06. The van der Waals surface area contributed by atoms with E-state index in [9.17, 15) is 18.8 Å². The molecule has 0 aliphatic carbocycles. The molecule has 0 aromatic heterocycles. The molecule has 3 rings (SSSR count). The van der Waals surface area contributed by atoms with Crippen LogP contribution < -0.4 is 5.73 Å². The van der Waals surface area contributed by atoms with E-state index in [0.717, 1.165) is 5.56 Å². The normalized spacial score (nSPS) is 21.4. The third-order valence-corrected chi connectivity index (χ3v) is 4.67. The zero-order chi connectivity index (χ0) is 20.6. The van der Waals surface area contributed by atoms with Crippen LogP contribution in [0.5, 0.6) is 0 Å². The highest BCUT2D eigenvalue weighted by atomic mass is 19.1. The van der Waals surface area contributed by atoms with Crippen LogP contribution in [0.2, 0.25) is 0 Å². The van der Waals surface area contributed by atoms with Crippen molar-refractivity contribution < 1.29 is 28.2 Å². The highest BCUT2D eigenvalue weighted by molar-refractivity contribution is 5.85. The van der Waals surface area contributed by atoms with Crippen LogP contribution >= 0.6 is 0 Å². The summed E-state index contributed by atoms with van der Waals surface area (Å²) >= 11 is 0. The minimum Gasteiger partial charge on any atom is -0.444 e. The second kappa shape index (κ2) is 7.29. The highest BCUT2D eigenvalue weighted by Crippen LogP contribution is 2.28. The Morgan fingerprint density at radius 3 is 2.50 bits per heavy atom. The molecule has 8 nitrogen and oxygen atoms in total. The fraction of sp³-hybridized carbons (Fsp3) is 0.526. The quantitative estimate of drug-likeness (QED) is 0.829. The van der Waals surface area contributed by atoms with Gasteiger partial charge in [-0.1, -0.05) is 12.1 Å². The highest BCUT2D eigenvalue weighted by Gasteiger charge is 2.43. The molecule has 0 bridgehead atoms. The van der Waals surface area contributed by atoms with Gasteiger partial charge in [-0.3, -0.25) is 14.6 Å². The second-order valence-electron chi connectivity index (χ2n) is 8.03. The summed E-state index contributed by atoms with van der Waals surface area (Å²) in [5.74, 6) is -1.06. The van der Waals surface area contributed by atoms with Gasteiger partial charge in [0.25, 0.3) is 0 Å². The lowest BCUT2D eigenvalue weighted by molar-refractivity contribution is -0.122. The van der Waals surface area contributed by atoms with E-state index in [1.807, 2.05) is 0 Å². The summed E-state index contributed by atoms with van der Waals surface area (Å²) in [7, 11) is 0. The van der Waals surface area contributed by atoms with Crippen molar-refractivity contribution in [3.8, 4) is 0 Å². The zero-order valence-electron chi connectivity index (χ0n) is 16.1. The van der Waals surface area contributed by atoms with E-state index in [1.54, 1.807) is 32.9 Å². The topological polar surface area (TPSA) is 102 Å². The number of amides is 3. The number of carbonyl (C=O) groups excluding carboxylic acids is 3. The van der Waals surface area contributed by atoms with Crippen LogP contribution in [0, 0.1) is 5.82 Å². The van der Waals surface area contributed by atoms with E-state index in [1.165, 1.54) is 15.9 Å². The number of fused-ring (bicyclic) bond motifs is 1. The predicted molar refractivity (Wildman–Crippen MR) is 96.5 cm³/mol. The summed E-state index contributed by atoms with van der Waals surface area (Å²) in [6.45, 7) is 5.49. The maximum atomic E-state index is 13.9. The van der Waals surface area contributed by atoms with Crippen molar-refractivity contribution in [1.82, 2.24) is 9.80 Å². The van der Waals surface area contributed by atoms with Gasteiger partial charge in [0.05, 0.1) is 13.1 Å². The number of carbonyl (C=O) groups is 3. The summed E-state index contributed by atoms with van der Waals surface area (Å²) in [5, 5.41) is 0. The molecule has 2 aliphatic heterocycles. The van der Waals surface area contributed by atoms with Crippen molar-refractivity contribution in [3.05, 3.63) is 35.1 Å². The first kappa shape index (κ1) is 19.9. The molecule has 1 aromatic carbocycles. The molecule has 2 aliphatic rings. The van der Waals surface area contributed by atoms with E-state index >= 15 is 0 Å². The Kier molecular flexibility index (Phi) is 5.18. The van der Waals surface area contributed by atoms with Crippen molar-refractivity contribution in [2.75, 3.05) is 6.54 Å². The number of likely N-dealkylation sites (tertiary alicyclic amines) is 1. The van der Waals surface area contributed by atoms with Gasteiger partial charge < -0.3 is 15.2 Å². The van der Waals surface area contributed by atoms with Gasteiger partial charge in [-0.2, -0.15) is 0 Å². The van der Waals surface area contributed by atoms with Crippen LogP contribution in [0.25, 0.3) is 0 Å². The molecule has 0 unspecified atom stereocenters. The molecule has 0 saturated carbocycles. The molecule has 2 N–H and O–H groups in total. The summed E-state index contributed by atoms with van der Waals surface area (Å²) in [6.07, 6.45) is -1.93. The number of primary amides is 1. The van der Waals surface area contributed by atoms with Gasteiger partial charge in [-0.15, -0.1) is 0 Å². The molecular formula is C19H24FN3O5. The Morgan fingerprint density at radius 1 is 1.18 bits per heavy atom. The molecule has 2 heterocycles. The Labute approximate surface area is 162 Å². The van der Waals surface area contributed by atoms with E-state index < -0.39 is 35.8 Å². The number of benzene rings is 1. The van der Waals surface area contributed by atoms with Crippen LogP contribution in [0.1, 0.15) is 38.3 Å². The monoisotopic (exact) mass is 393 g/mol. The number of nitrogens with zero attached hydrogens (tertiary/aromatic N) is 2. The van der Waals surface area contributed by atoms with E-state index in [4.69, 9.17) is 15.2 Å². The van der Waals surface area contributed by atoms with Crippen molar-refractivity contribution in [2.45, 2.75) is 58.0 Å². The summed E-state index contributed by atoms with van der Waals surface area (Å²) in [5.41, 5.74) is 5.86.